The van der Waals surface area contributed by atoms with Crippen molar-refractivity contribution in [3.05, 3.63) is 89.5 Å². The second-order valence-corrected chi connectivity index (χ2v) is 7.88. The summed E-state index contributed by atoms with van der Waals surface area (Å²) in [6.45, 7) is 0.249. The van der Waals surface area contributed by atoms with E-state index in [2.05, 4.69) is 5.10 Å². The molecule has 3 N–H and O–H groups in total. The van der Waals surface area contributed by atoms with Gasteiger partial charge >= 0.3 is 0 Å². The summed E-state index contributed by atoms with van der Waals surface area (Å²) in [5.41, 5.74) is 1.88. The molecule has 3 aromatic rings. The van der Waals surface area contributed by atoms with Crippen LogP contribution < -0.4 is 15.3 Å². The van der Waals surface area contributed by atoms with Gasteiger partial charge in [-0.1, -0.05) is 36.4 Å². The van der Waals surface area contributed by atoms with Gasteiger partial charge in [0.15, 0.2) is 17.3 Å². The fourth-order valence-electron chi connectivity index (χ4n) is 4.27. The Kier molecular flexibility index (Phi) is 6.49. The Labute approximate surface area is 197 Å². The van der Waals surface area contributed by atoms with Crippen LogP contribution in [0.25, 0.3) is 0 Å². The van der Waals surface area contributed by atoms with Crippen molar-refractivity contribution in [1.82, 2.24) is 4.90 Å². The van der Waals surface area contributed by atoms with Gasteiger partial charge in [-0.15, -0.1) is 0 Å². The number of hydrogen-bond donors (Lipinski definition) is 2. The van der Waals surface area contributed by atoms with Gasteiger partial charge in [-0.25, -0.2) is 0 Å². The van der Waals surface area contributed by atoms with Crippen molar-refractivity contribution < 1.29 is 24.2 Å². The van der Waals surface area contributed by atoms with E-state index >= 15 is 0 Å². The highest BCUT2D eigenvalue weighted by atomic mass is 16.5. The van der Waals surface area contributed by atoms with E-state index in [0.29, 0.717) is 16.9 Å². The van der Waals surface area contributed by atoms with Crippen LogP contribution >= 0.6 is 0 Å². The summed E-state index contributed by atoms with van der Waals surface area (Å²) in [4.78, 5) is 28.8. The van der Waals surface area contributed by atoms with Crippen molar-refractivity contribution in [2.24, 2.45) is 16.9 Å². The predicted octanol–water partition coefficient (Wildman–Crippen LogP) is 3.31. The SMILES string of the molecule is COc1ccc(C(=O)[C@H]2/C(=N\N)C(=O)N(Cc3ccccc3)[C@@H]2c2ccc(O)c(OC)c2)cc1. The Morgan fingerprint density at radius 2 is 1.74 bits per heavy atom. The van der Waals surface area contributed by atoms with Crippen LogP contribution in [0.4, 0.5) is 0 Å². The maximum Gasteiger partial charge on any atom is 0.271 e. The summed E-state index contributed by atoms with van der Waals surface area (Å²) in [5.74, 6) is 4.78. The molecule has 3 aromatic carbocycles. The second-order valence-electron chi connectivity index (χ2n) is 7.88. The van der Waals surface area contributed by atoms with Gasteiger partial charge in [-0.2, -0.15) is 5.10 Å². The number of aromatic hydroxyl groups is 1. The Balaban J connectivity index is 1.83. The number of rotatable bonds is 7. The Hall–Kier alpha value is -4.33. The molecular formula is C26H25N3O5. The number of phenolic OH excluding ortho intramolecular Hbond substituents is 1. The lowest BCUT2D eigenvalue weighted by molar-refractivity contribution is -0.124. The van der Waals surface area contributed by atoms with Crippen molar-refractivity contribution >= 4 is 17.4 Å². The van der Waals surface area contributed by atoms with E-state index in [9.17, 15) is 14.7 Å². The predicted molar refractivity (Wildman–Crippen MR) is 127 cm³/mol. The van der Waals surface area contributed by atoms with Crippen LogP contribution in [-0.2, 0) is 11.3 Å². The summed E-state index contributed by atoms with van der Waals surface area (Å²) in [7, 11) is 2.98. The molecular weight excluding hydrogens is 434 g/mol. The first-order valence-electron chi connectivity index (χ1n) is 10.7. The van der Waals surface area contributed by atoms with Crippen molar-refractivity contribution in [1.29, 1.82) is 0 Å². The zero-order valence-electron chi connectivity index (χ0n) is 18.8. The van der Waals surface area contributed by atoms with Crippen LogP contribution in [0.5, 0.6) is 17.2 Å². The quantitative estimate of drug-likeness (QED) is 0.318. The number of carbonyl (C=O) groups is 2. The molecule has 1 heterocycles. The van der Waals surface area contributed by atoms with Gasteiger partial charge in [0.25, 0.3) is 5.91 Å². The number of methoxy groups -OCH3 is 2. The summed E-state index contributed by atoms with van der Waals surface area (Å²) < 4.78 is 10.5. The second kappa shape index (κ2) is 9.66. The summed E-state index contributed by atoms with van der Waals surface area (Å²) in [6, 6.07) is 20.2. The van der Waals surface area contributed by atoms with E-state index in [1.165, 1.54) is 13.2 Å². The van der Waals surface area contributed by atoms with Crippen LogP contribution in [0, 0.1) is 5.92 Å². The van der Waals surface area contributed by atoms with Crippen LogP contribution in [-0.4, -0.2) is 41.6 Å². The van der Waals surface area contributed by atoms with Crippen LogP contribution in [0.3, 0.4) is 0 Å². The minimum absolute atomic E-state index is 0.0196. The van der Waals surface area contributed by atoms with Gasteiger partial charge in [0, 0.05) is 12.1 Å². The topological polar surface area (TPSA) is 114 Å². The molecule has 1 fully saturated rings. The maximum absolute atomic E-state index is 13.7. The first kappa shape index (κ1) is 22.8. The number of ketones is 1. The molecule has 0 spiro atoms. The zero-order chi connectivity index (χ0) is 24.2. The van der Waals surface area contributed by atoms with E-state index in [1.54, 1.807) is 48.4 Å². The highest BCUT2D eigenvalue weighted by molar-refractivity contribution is 6.46. The normalized spacial score (nSPS) is 18.8. The third kappa shape index (κ3) is 4.17. The van der Waals surface area contributed by atoms with Crippen LogP contribution in [0.2, 0.25) is 0 Å². The number of likely N-dealkylation sites (tertiary alicyclic amines) is 1. The number of benzene rings is 3. The average molecular weight is 460 g/mol. The molecule has 1 aliphatic heterocycles. The number of nitrogens with two attached hydrogens (primary N) is 1. The fraction of sp³-hybridized carbons (Fsp3) is 0.192. The smallest absolute Gasteiger partial charge is 0.271 e. The molecule has 2 atom stereocenters. The lowest BCUT2D eigenvalue weighted by Gasteiger charge is -2.28. The molecule has 1 saturated heterocycles. The maximum atomic E-state index is 13.7. The first-order chi connectivity index (χ1) is 16.5. The molecule has 0 aromatic heterocycles. The van der Waals surface area contributed by atoms with Gasteiger partial charge in [0.2, 0.25) is 0 Å². The Morgan fingerprint density at radius 3 is 2.35 bits per heavy atom. The molecule has 4 rings (SSSR count). The van der Waals surface area contributed by atoms with E-state index in [4.69, 9.17) is 15.3 Å². The number of nitrogens with zero attached hydrogens (tertiary/aromatic N) is 2. The lowest BCUT2D eigenvalue weighted by atomic mass is 9.85. The number of amides is 1. The van der Waals surface area contributed by atoms with Crippen LogP contribution in [0.15, 0.2) is 77.9 Å². The van der Waals surface area contributed by atoms with Gasteiger partial charge in [-0.3, -0.25) is 9.59 Å². The molecule has 8 heteroatoms. The molecule has 174 valence electrons. The highest BCUT2D eigenvalue weighted by Crippen LogP contribution is 2.42. The van der Waals surface area contributed by atoms with Crippen molar-refractivity contribution in [3.8, 4) is 17.2 Å². The van der Waals surface area contributed by atoms with Crippen LogP contribution in [0.1, 0.15) is 27.5 Å². The summed E-state index contributed by atoms with van der Waals surface area (Å²) in [5, 5.41) is 13.9. The van der Waals surface area contributed by atoms with Crippen molar-refractivity contribution in [3.63, 3.8) is 0 Å². The number of hydrazone groups is 1. The number of carbonyl (C=O) groups excluding carboxylic acids is 2. The van der Waals surface area contributed by atoms with Gasteiger partial charge < -0.3 is 25.3 Å². The monoisotopic (exact) mass is 459 g/mol. The molecule has 0 unspecified atom stereocenters. The van der Waals surface area contributed by atoms with Crippen molar-refractivity contribution in [2.45, 2.75) is 12.6 Å². The third-order valence-corrected chi connectivity index (χ3v) is 5.96. The summed E-state index contributed by atoms with van der Waals surface area (Å²) >= 11 is 0. The van der Waals surface area contributed by atoms with Gasteiger partial charge in [0.1, 0.15) is 11.5 Å². The molecule has 0 aliphatic carbocycles. The van der Waals surface area contributed by atoms with E-state index in [0.717, 1.165) is 5.56 Å². The Bertz CT molecular complexity index is 1220. The number of hydrogen-bond acceptors (Lipinski definition) is 7. The molecule has 1 aliphatic rings. The minimum atomic E-state index is -0.955. The highest BCUT2D eigenvalue weighted by Gasteiger charge is 2.50. The van der Waals surface area contributed by atoms with Gasteiger partial charge in [0.05, 0.1) is 26.2 Å². The van der Waals surface area contributed by atoms with Crippen molar-refractivity contribution in [2.75, 3.05) is 14.2 Å². The molecule has 0 bridgehead atoms. The Morgan fingerprint density at radius 1 is 1.03 bits per heavy atom. The lowest BCUT2D eigenvalue weighted by Crippen LogP contribution is -2.30. The third-order valence-electron chi connectivity index (χ3n) is 5.96. The molecule has 1 amide bonds. The number of ether oxygens (including phenoxy) is 2. The number of phenols is 1. The largest absolute Gasteiger partial charge is 0.504 e. The molecule has 0 saturated carbocycles. The van der Waals surface area contributed by atoms with Gasteiger partial charge in [-0.05, 0) is 47.5 Å². The number of Topliss-reactive ketones (excluding diaryl/α,β-unsaturated/α-hetero) is 1. The average Bonchev–Trinajstić information content (AvgIpc) is 3.15. The fourth-order valence-corrected chi connectivity index (χ4v) is 4.27. The minimum Gasteiger partial charge on any atom is -0.504 e. The van der Waals surface area contributed by atoms with E-state index in [1.807, 2.05) is 30.3 Å². The first-order valence-corrected chi connectivity index (χ1v) is 10.7. The standard InChI is InChI=1S/C26H25N3O5/c1-33-19-11-8-17(9-12-19)25(31)22-23(28-27)26(32)29(15-16-6-4-3-5-7-16)24(22)18-10-13-20(30)21(14-18)34-2/h3-14,22,24,30H,15,27H2,1-2H3/b28-23+/t22-,24+/m0/s1. The molecule has 34 heavy (non-hydrogen) atoms. The molecule has 0 radical (unpaired) electrons. The van der Waals surface area contributed by atoms with E-state index in [-0.39, 0.29) is 29.5 Å². The molecule has 8 nitrogen and oxygen atoms in total. The zero-order valence-corrected chi connectivity index (χ0v) is 18.8. The summed E-state index contributed by atoms with van der Waals surface area (Å²) in [6.07, 6.45) is 0. The van der Waals surface area contributed by atoms with E-state index < -0.39 is 17.9 Å².